The van der Waals surface area contributed by atoms with Crippen LogP contribution in [-0.4, -0.2) is 24.7 Å². The van der Waals surface area contributed by atoms with Gasteiger partial charge in [0.2, 0.25) is 0 Å². The van der Waals surface area contributed by atoms with Crippen LogP contribution in [0.1, 0.15) is 23.7 Å². The number of benzene rings is 1. The zero-order valence-electron chi connectivity index (χ0n) is 10.1. The largest absolute Gasteiger partial charge is 0.419 e. The summed E-state index contributed by atoms with van der Waals surface area (Å²) < 4.78 is 78.4. The Morgan fingerprint density at radius 3 is 2.40 bits per heavy atom. The van der Waals surface area contributed by atoms with Crippen LogP contribution in [0.3, 0.4) is 0 Å². The lowest BCUT2D eigenvalue weighted by molar-refractivity contribution is -0.140. The Morgan fingerprint density at radius 2 is 1.85 bits per heavy atom. The van der Waals surface area contributed by atoms with Crippen LogP contribution in [0.4, 0.5) is 26.3 Å². The standard InChI is InChI=1S/C12H12F6O2/c13-9-2-1-7(5-8(9)12(16,17)18)10(19)3-4-20-6-11(14)15/h1-2,5,10-11,19H,3-4,6H2. The van der Waals surface area contributed by atoms with Crippen LogP contribution in [0.15, 0.2) is 18.2 Å². The van der Waals surface area contributed by atoms with Crippen molar-refractivity contribution < 1.29 is 36.2 Å². The van der Waals surface area contributed by atoms with E-state index >= 15 is 0 Å². The van der Waals surface area contributed by atoms with Crippen LogP contribution >= 0.6 is 0 Å². The van der Waals surface area contributed by atoms with Crippen molar-refractivity contribution >= 4 is 0 Å². The van der Waals surface area contributed by atoms with Gasteiger partial charge in [-0.3, -0.25) is 0 Å². The summed E-state index contributed by atoms with van der Waals surface area (Å²) in [5, 5.41) is 9.61. The van der Waals surface area contributed by atoms with Gasteiger partial charge in [-0.25, -0.2) is 13.2 Å². The molecular weight excluding hydrogens is 290 g/mol. The van der Waals surface area contributed by atoms with Crippen LogP contribution < -0.4 is 0 Å². The summed E-state index contributed by atoms with van der Waals surface area (Å²) >= 11 is 0. The van der Waals surface area contributed by atoms with Crippen molar-refractivity contribution in [1.82, 2.24) is 0 Å². The maximum Gasteiger partial charge on any atom is 0.419 e. The zero-order chi connectivity index (χ0) is 15.3. The van der Waals surface area contributed by atoms with Gasteiger partial charge in [-0.15, -0.1) is 0 Å². The Labute approximate surface area is 111 Å². The summed E-state index contributed by atoms with van der Waals surface area (Å²) in [7, 11) is 0. The highest BCUT2D eigenvalue weighted by atomic mass is 19.4. The lowest BCUT2D eigenvalue weighted by Gasteiger charge is -2.14. The molecule has 1 rings (SSSR count). The fraction of sp³-hybridized carbons (Fsp3) is 0.500. The van der Waals surface area contributed by atoms with Crippen LogP contribution in [0, 0.1) is 5.82 Å². The second kappa shape index (κ2) is 6.94. The van der Waals surface area contributed by atoms with Gasteiger partial charge in [-0.1, -0.05) is 6.07 Å². The smallest absolute Gasteiger partial charge is 0.388 e. The third-order valence-electron chi connectivity index (χ3n) is 2.46. The van der Waals surface area contributed by atoms with Crippen molar-refractivity contribution in [3.05, 3.63) is 35.1 Å². The number of aliphatic hydroxyl groups excluding tert-OH is 1. The van der Waals surface area contributed by atoms with Crippen molar-refractivity contribution in [2.45, 2.75) is 25.1 Å². The molecular formula is C12H12F6O2. The number of alkyl halides is 5. The molecule has 0 saturated heterocycles. The summed E-state index contributed by atoms with van der Waals surface area (Å²) in [5.74, 6) is -1.44. The highest BCUT2D eigenvalue weighted by molar-refractivity contribution is 5.28. The molecule has 1 aromatic carbocycles. The molecule has 0 fully saturated rings. The van der Waals surface area contributed by atoms with Crippen LogP contribution in [-0.2, 0) is 10.9 Å². The molecule has 0 heterocycles. The van der Waals surface area contributed by atoms with E-state index in [9.17, 15) is 31.4 Å². The Kier molecular flexibility index (Phi) is 5.82. The van der Waals surface area contributed by atoms with Crippen molar-refractivity contribution in [3.8, 4) is 0 Å². The predicted octanol–water partition coefficient (Wildman–Crippen LogP) is 3.55. The van der Waals surface area contributed by atoms with E-state index in [1.807, 2.05) is 0 Å². The second-order valence-electron chi connectivity index (χ2n) is 4.01. The Bertz CT molecular complexity index is 432. The third-order valence-corrected chi connectivity index (χ3v) is 2.46. The molecule has 20 heavy (non-hydrogen) atoms. The molecule has 114 valence electrons. The quantitative estimate of drug-likeness (QED) is 0.643. The van der Waals surface area contributed by atoms with E-state index in [4.69, 9.17) is 0 Å². The molecule has 0 aliphatic heterocycles. The summed E-state index contributed by atoms with van der Waals surface area (Å²) in [6, 6.07) is 2.09. The molecule has 0 saturated carbocycles. The Hall–Kier alpha value is -1.28. The average Bonchev–Trinajstić information content (AvgIpc) is 2.33. The molecule has 0 radical (unpaired) electrons. The van der Waals surface area contributed by atoms with E-state index in [1.165, 1.54) is 0 Å². The van der Waals surface area contributed by atoms with E-state index in [2.05, 4.69) is 4.74 Å². The normalized spacial score (nSPS) is 13.8. The number of aliphatic hydroxyl groups is 1. The molecule has 0 spiro atoms. The first-order chi connectivity index (χ1) is 9.21. The fourth-order valence-corrected chi connectivity index (χ4v) is 1.50. The minimum Gasteiger partial charge on any atom is -0.388 e. The van der Waals surface area contributed by atoms with E-state index in [0.717, 1.165) is 6.07 Å². The summed E-state index contributed by atoms with van der Waals surface area (Å²) in [5.41, 5.74) is -1.64. The van der Waals surface area contributed by atoms with Crippen molar-refractivity contribution in [2.75, 3.05) is 13.2 Å². The van der Waals surface area contributed by atoms with Crippen molar-refractivity contribution in [1.29, 1.82) is 0 Å². The first-order valence-electron chi connectivity index (χ1n) is 5.62. The molecule has 8 heteroatoms. The second-order valence-corrected chi connectivity index (χ2v) is 4.01. The molecule has 0 amide bonds. The van der Waals surface area contributed by atoms with Crippen molar-refractivity contribution in [3.63, 3.8) is 0 Å². The number of ether oxygens (including phenoxy) is 1. The van der Waals surface area contributed by atoms with Gasteiger partial charge in [0.1, 0.15) is 12.4 Å². The lowest BCUT2D eigenvalue weighted by Crippen LogP contribution is -2.11. The number of rotatable bonds is 6. The monoisotopic (exact) mass is 302 g/mol. The average molecular weight is 302 g/mol. The van der Waals surface area contributed by atoms with Gasteiger partial charge >= 0.3 is 6.18 Å². The number of halogens is 6. The zero-order valence-corrected chi connectivity index (χ0v) is 10.1. The molecule has 0 bridgehead atoms. The topological polar surface area (TPSA) is 29.5 Å². The highest BCUT2D eigenvalue weighted by Crippen LogP contribution is 2.33. The van der Waals surface area contributed by atoms with Crippen LogP contribution in [0.5, 0.6) is 0 Å². The summed E-state index contributed by atoms with van der Waals surface area (Å²) in [6.45, 7) is -1.06. The molecule has 0 aliphatic rings. The molecule has 1 atom stereocenters. The van der Waals surface area contributed by atoms with E-state index in [0.29, 0.717) is 12.1 Å². The van der Waals surface area contributed by atoms with E-state index in [-0.39, 0.29) is 18.6 Å². The SMILES string of the molecule is OC(CCOCC(F)F)c1ccc(F)c(C(F)(F)F)c1. The third kappa shape index (κ3) is 5.01. The molecule has 0 aromatic heterocycles. The van der Waals surface area contributed by atoms with Gasteiger partial charge < -0.3 is 9.84 Å². The maximum absolute atomic E-state index is 13.0. The van der Waals surface area contributed by atoms with Crippen LogP contribution in [0.25, 0.3) is 0 Å². The van der Waals surface area contributed by atoms with Gasteiger partial charge in [-0.2, -0.15) is 13.2 Å². The molecule has 1 N–H and O–H groups in total. The molecule has 1 unspecified atom stereocenters. The predicted molar refractivity (Wildman–Crippen MR) is 57.8 cm³/mol. The van der Waals surface area contributed by atoms with Gasteiger partial charge in [0.05, 0.1) is 11.7 Å². The summed E-state index contributed by atoms with van der Waals surface area (Å²) in [6.07, 6.45) is -9.05. The number of hydrogen-bond acceptors (Lipinski definition) is 2. The van der Waals surface area contributed by atoms with Gasteiger partial charge in [0.15, 0.2) is 0 Å². The maximum atomic E-state index is 13.0. The highest BCUT2D eigenvalue weighted by Gasteiger charge is 2.34. The summed E-state index contributed by atoms with van der Waals surface area (Å²) in [4.78, 5) is 0. The minimum atomic E-state index is -4.87. The van der Waals surface area contributed by atoms with Crippen LogP contribution in [0.2, 0.25) is 0 Å². The Balaban J connectivity index is 2.67. The van der Waals surface area contributed by atoms with Crippen molar-refractivity contribution in [2.24, 2.45) is 0 Å². The van der Waals surface area contributed by atoms with E-state index in [1.54, 1.807) is 0 Å². The molecule has 1 aromatic rings. The van der Waals surface area contributed by atoms with E-state index < -0.39 is 36.7 Å². The van der Waals surface area contributed by atoms with Gasteiger partial charge in [0, 0.05) is 13.0 Å². The minimum absolute atomic E-state index is 0.153. The lowest BCUT2D eigenvalue weighted by atomic mass is 10.0. The Morgan fingerprint density at radius 1 is 1.20 bits per heavy atom. The fourth-order valence-electron chi connectivity index (χ4n) is 1.50. The van der Waals surface area contributed by atoms with Gasteiger partial charge in [-0.05, 0) is 17.7 Å². The molecule has 0 aliphatic carbocycles. The van der Waals surface area contributed by atoms with Gasteiger partial charge in [0.25, 0.3) is 6.43 Å². The number of hydrogen-bond donors (Lipinski definition) is 1. The first-order valence-corrected chi connectivity index (χ1v) is 5.62. The first kappa shape index (κ1) is 16.8. The molecule has 2 nitrogen and oxygen atoms in total.